The van der Waals surface area contributed by atoms with Crippen LogP contribution in [0.25, 0.3) is 0 Å². The Morgan fingerprint density at radius 2 is 2.13 bits per heavy atom. The van der Waals surface area contributed by atoms with Gasteiger partial charge in [0, 0.05) is 25.0 Å². The lowest BCUT2D eigenvalue weighted by Gasteiger charge is -2.32. The summed E-state index contributed by atoms with van der Waals surface area (Å²) in [7, 11) is 0. The first-order valence-corrected chi connectivity index (χ1v) is 6.21. The van der Waals surface area contributed by atoms with E-state index >= 15 is 0 Å². The molecule has 86 valence electrons. The molecule has 2 fully saturated rings. The molecule has 3 heteroatoms. The summed E-state index contributed by atoms with van der Waals surface area (Å²) in [6.45, 7) is 7.40. The van der Waals surface area contributed by atoms with Crippen LogP contribution in [0.2, 0.25) is 0 Å². The molecule has 2 aliphatic rings. The monoisotopic (exact) mass is 210 g/mol. The second-order valence-electron chi connectivity index (χ2n) is 5.17. The summed E-state index contributed by atoms with van der Waals surface area (Å²) < 4.78 is 0. The molecular formula is C12H22N2O. The minimum atomic E-state index is 0.365. The van der Waals surface area contributed by atoms with Crippen LogP contribution in [0.5, 0.6) is 0 Å². The Hall–Kier alpha value is -0.570. The van der Waals surface area contributed by atoms with E-state index in [1.165, 1.54) is 0 Å². The first kappa shape index (κ1) is 10.9. The Kier molecular flexibility index (Phi) is 3.29. The lowest BCUT2D eigenvalue weighted by atomic mass is 10.0. The van der Waals surface area contributed by atoms with Crippen molar-refractivity contribution < 1.29 is 4.79 Å². The van der Waals surface area contributed by atoms with Gasteiger partial charge in [0.25, 0.3) is 0 Å². The van der Waals surface area contributed by atoms with Crippen molar-refractivity contribution >= 4 is 5.91 Å². The van der Waals surface area contributed by atoms with Crippen LogP contribution in [0.4, 0.5) is 0 Å². The van der Waals surface area contributed by atoms with E-state index in [0.717, 1.165) is 38.9 Å². The standard InChI is InChI=1S/C12H22N2O/c1-9(2)11-8-13-6-3-7-14(11)12(15)10-4-5-10/h9-11,13H,3-8H2,1-2H3. The average molecular weight is 210 g/mol. The van der Waals surface area contributed by atoms with E-state index in [-0.39, 0.29) is 0 Å². The molecule has 0 bridgehead atoms. The van der Waals surface area contributed by atoms with E-state index in [0.29, 0.717) is 23.8 Å². The fourth-order valence-corrected chi connectivity index (χ4v) is 2.33. The second-order valence-corrected chi connectivity index (χ2v) is 5.17. The third-order valence-corrected chi connectivity index (χ3v) is 3.49. The van der Waals surface area contributed by atoms with Crippen molar-refractivity contribution in [1.82, 2.24) is 10.2 Å². The van der Waals surface area contributed by atoms with Crippen molar-refractivity contribution in [3.8, 4) is 0 Å². The SMILES string of the molecule is CC(C)C1CNCCCN1C(=O)C1CC1. The zero-order chi connectivity index (χ0) is 10.8. The fourth-order valence-electron chi connectivity index (χ4n) is 2.33. The molecule has 1 aliphatic heterocycles. The van der Waals surface area contributed by atoms with Gasteiger partial charge in [-0.3, -0.25) is 4.79 Å². The van der Waals surface area contributed by atoms with Gasteiger partial charge in [-0.1, -0.05) is 13.8 Å². The maximum absolute atomic E-state index is 12.1. The molecule has 1 atom stereocenters. The van der Waals surface area contributed by atoms with Crippen LogP contribution in [-0.4, -0.2) is 36.5 Å². The van der Waals surface area contributed by atoms with E-state index in [4.69, 9.17) is 0 Å². The molecule has 1 saturated heterocycles. The van der Waals surface area contributed by atoms with Crippen LogP contribution in [0, 0.1) is 11.8 Å². The minimum absolute atomic E-state index is 0.365. The highest BCUT2D eigenvalue weighted by Gasteiger charge is 2.37. The van der Waals surface area contributed by atoms with Gasteiger partial charge in [0.1, 0.15) is 0 Å². The summed E-state index contributed by atoms with van der Waals surface area (Å²) >= 11 is 0. The predicted octanol–water partition coefficient (Wildman–Crippen LogP) is 1.24. The van der Waals surface area contributed by atoms with Crippen LogP contribution in [0.15, 0.2) is 0 Å². The van der Waals surface area contributed by atoms with Crippen LogP contribution >= 0.6 is 0 Å². The van der Waals surface area contributed by atoms with E-state index in [1.54, 1.807) is 0 Å². The maximum Gasteiger partial charge on any atom is 0.225 e. The zero-order valence-corrected chi connectivity index (χ0v) is 9.83. The topological polar surface area (TPSA) is 32.3 Å². The molecule has 0 aromatic carbocycles. The number of carbonyl (C=O) groups is 1. The number of rotatable bonds is 2. The summed E-state index contributed by atoms with van der Waals surface area (Å²) in [5.41, 5.74) is 0. The molecule has 1 saturated carbocycles. The fraction of sp³-hybridized carbons (Fsp3) is 0.917. The highest BCUT2D eigenvalue weighted by molar-refractivity contribution is 5.81. The van der Waals surface area contributed by atoms with Gasteiger partial charge in [-0.25, -0.2) is 0 Å². The van der Waals surface area contributed by atoms with Crippen molar-refractivity contribution in [2.75, 3.05) is 19.6 Å². The molecule has 0 aromatic rings. The molecule has 1 aliphatic carbocycles. The van der Waals surface area contributed by atoms with Gasteiger partial charge in [0.05, 0.1) is 0 Å². The summed E-state index contributed by atoms with van der Waals surface area (Å²) in [5, 5.41) is 3.43. The maximum atomic E-state index is 12.1. The third kappa shape index (κ3) is 2.51. The summed E-state index contributed by atoms with van der Waals surface area (Å²) in [6, 6.07) is 0.403. The van der Waals surface area contributed by atoms with E-state index in [9.17, 15) is 4.79 Å². The van der Waals surface area contributed by atoms with Gasteiger partial charge in [-0.05, 0) is 31.7 Å². The van der Waals surface area contributed by atoms with Gasteiger partial charge in [-0.15, -0.1) is 0 Å². The van der Waals surface area contributed by atoms with E-state index < -0.39 is 0 Å². The first-order valence-electron chi connectivity index (χ1n) is 6.21. The highest BCUT2D eigenvalue weighted by atomic mass is 16.2. The summed E-state index contributed by atoms with van der Waals surface area (Å²) in [4.78, 5) is 14.3. The zero-order valence-electron chi connectivity index (χ0n) is 9.83. The van der Waals surface area contributed by atoms with Crippen molar-refractivity contribution in [3.05, 3.63) is 0 Å². The quantitative estimate of drug-likeness (QED) is 0.744. The number of nitrogens with one attached hydrogen (secondary N) is 1. The van der Waals surface area contributed by atoms with Gasteiger partial charge in [-0.2, -0.15) is 0 Å². The van der Waals surface area contributed by atoms with E-state index in [2.05, 4.69) is 24.1 Å². The summed E-state index contributed by atoms with van der Waals surface area (Å²) in [5.74, 6) is 1.33. The molecular weight excluding hydrogens is 188 g/mol. The molecule has 0 spiro atoms. The Morgan fingerprint density at radius 3 is 2.73 bits per heavy atom. The van der Waals surface area contributed by atoms with Crippen LogP contribution in [-0.2, 0) is 4.79 Å². The van der Waals surface area contributed by atoms with Gasteiger partial charge in [0.2, 0.25) is 5.91 Å². The number of amides is 1. The van der Waals surface area contributed by atoms with Crippen LogP contribution in [0.3, 0.4) is 0 Å². The van der Waals surface area contributed by atoms with Gasteiger partial charge >= 0.3 is 0 Å². The Bertz CT molecular complexity index is 236. The minimum Gasteiger partial charge on any atom is -0.338 e. The molecule has 2 rings (SSSR count). The predicted molar refractivity (Wildman–Crippen MR) is 60.5 cm³/mol. The molecule has 1 N–H and O–H groups in total. The van der Waals surface area contributed by atoms with Crippen LogP contribution < -0.4 is 5.32 Å². The summed E-state index contributed by atoms with van der Waals surface area (Å²) in [6.07, 6.45) is 3.34. The van der Waals surface area contributed by atoms with Crippen LogP contribution in [0.1, 0.15) is 33.1 Å². The van der Waals surface area contributed by atoms with Crippen molar-refractivity contribution in [3.63, 3.8) is 0 Å². The Morgan fingerprint density at radius 1 is 1.40 bits per heavy atom. The van der Waals surface area contributed by atoms with Crippen molar-refractivity contribution in [2.45, 2.75) is 39.2 Å². The number of nitrogens with zero attached hydrogens (tertiary/aromatic N) is 1. The lowest BCUT2D eigenvalue weighted by molar-refractivity contribution is -0.135. The molecule has 0 radical (unpaired) electrons. The molecule has 0 aromatic heterocycles. The third-order valence-electron chi connectivity index (χ3n) is 3.49. The first-order chi connectivity index (χ1) is 7.20. The normalized spacial score (nSPS) is 27.9. The van der Waals surface area contributed by atoms with E-state index in [1.807, 2.05) is 0 Å². The average Bonchev–Trinajstić information content (AvgIpc) is 3.03. The largest absolute Gasteiger partial charge is 0.338 e. The number of hydrogen-bond acceptors (Lipinski definition) is 2. The smallest absolute Gasteiger partial charge is 0.225 e. The Labute approximate surface area is 92.2 Å². The molecule has 15 heavy (non-hydrogen) atoms. The van der Waals surface area contributed by atoms with Gasteiger partial charge < -0.3 is 10.2 Å². The number of carbonyl (C=O) groups excluding carboxylic acids is 1. The van der Waals surface area contributed by atoms with Crippen molar-refractivity contribution in [1.29, 1.82) is 0 Å². The number of hydrogen-bond donors (Lipinski definition) is 1. The van der Waals surface area contributed by atoms with Crippen molar-refractivity contribution in [2.24, 2.45) is 11.8 Å². The molecule has 1 heterocycles. The second kappa shape index (κ2) is 4.52. The molecule has 3 nitrogen and oxygen atoms in total. The lowest BCUT2D eigenvalue weighted by Crippen LogP contribution is -2.47. The highest BCUT2D eigenvalue weighted by Crippen LogP contribution is 2.32. The molecule has 1 amide bonds. The Balaban J connectivity index is 2.05. The van der Waals surface area contributed by atoms with Gasteiger partial charge in [0.15, 0.2) is 0 Å². The molecule has 1 unspecified atom stereocenters.